The summed E-state index contributed by atoms with van der Waals surface area (Å²) in [4.78, 5) is 24.5. The highest BCUT2D eigenvalue weighted by molar-refractivity contribution is 9.10. The van der Waals surface area contributed by atoms with E-state index in [1.807, 2.05) is 18.2 Å². The fourth-order valence-corrected chi connectivity index (χ4v) is 2.51. The Morgan fingerprint density at radius 1 is 1.08 bits per heavy atom. The summed E-state index contributed by atoms with van der Waals surface area (Å²) in [7, 11) is 0. The average molecular weight is 404 g/mol. The highest BCUT2D eigenvalue weighted by Gasteiger charge is 2.30. The van der Waals surface area contributed by atoms with Crippen LogP contribution >= 0.6 is 15.9 Å². The second-order valence-corrected chi connectivity index (χ2v) is 6.72. The van der Waals surface area contributed by atoms with Crippen molar-refractivity contribution in [2.75, 3.05) is 6.61 Å². The van der Waals surface area contributed by atoms with Crippen LogP contribution in [-0.2, 0) is 14.3 Å². The largest absolute Gasteiger partial charge is 0.482 e. The fourth-order valence-electron chi connectivity index (χ4n) is 2.24. The minimum absolute atomic E-state index is 0.191. The van der Waals surface area contributed by atoms with Crippen LogP contribution in [0.1, 0.15) is 24.5 Å². The van der Waals surface area contributed by atoms with Gasteiger partial charge in [-0.3, -0.25) is 4.79 Å². The summed E-state index contributed by atoms with van der Waals surface area (Å²) < 4.78 is 11.7. The van der Waals surface area contributed by atoms with Gasteiger partial charge in [-0.2, -0.15) is 0 Å². The number of rotatable bonds is 7. The Bertz CT molecular complexity index is 729. The standard InChI is InChI=1S/C19H18BrNO4/c20-14-6-10-16(11-7-14)24-12-17(22)25-18(13-4-2-1-3-5-13)19(23)21-15-8-9-15/h1-7,10-11,15,18H,8-9,12H2,(H,21,23)/t18-/m0/s1. The molecule has 0 saturated heterocycles. The molecule has 1 N–H and O–H groups in total. The summed E-state index contributed by atoms with van der Waals surface area (Å²) in [5.41, 5.74) is 0.637. The first-order valence-corrected chi connectivity index (χ1v) is 8.84. The van der Waals surface area contributed by atoms with Gasteiger partial charge < -0.3 is 14.8 Å². The zero-order valence-electron chi connectivity index (χ0n) is 13.5. The molecule has 1 amide bonds. The molecule has 0 aliphatic heterocycles. The zero-order valence-corrected chi connectivity index (χ0v) is 15.1. The van der Waals surface area contributed by atoms with Crippen molar-refractivity contribution in [2.45, 2.75) is 25.0 Å². The molecule has 1 atom stereocenters. The summed E-state index contributed by atoms with van der Waals surface area (Å²) in [6.45, 7) is -0.262. The lowest BCUT2D eigenvalue weighted by Gasteiger charge is -2.18. The second-order valence-electron chi connectivity index (χ2n) is 5.81. The van der Waals surface area contributed by atoms with E-state index in [0.29, 0.717) is 11.3 Å². The molecule has 0 radical (unpaired) electrons. The van der Waals surface area contributed by atoms with Gasteiger partial charge in [0.25, 0.3) is 5.91 Å². The predicted octanol–water partition coefficient (Wildman–Crippen LogP) is 3.39. The van der Waals surface area contributed by atoms with Crippen molar-refractivity contribution >= 4 is 27.8 Å². The molecule has 25 heavy (non-hydrogen) atoms. The van der Waals surface area contributed by atoms with Gasteiger partial charge in [0.05, 0.1) is 0 Å². The van der Waals surface area contributed by atoms with E-state index in [1.165, 1.54) is 0 Å². The Labute approximate surface area is 154 Å². The number of hydrogen-bond donors (Lipinski definition) is 1. The number of esters is 1. The van der Waals surface area contributed by atoms with Gasteiger partial charge in [0.1, 0.15) is 5.75 Å². The van der Waals surface area contributed by atoms with E-state index in [9.17, 15) is 9.59 Å². The number of nitrogens with one attached hydrogen (secondary N) is 1. The molecule has 6 heteroatoms. The summed E-state index contributed by atoms with van der Waals surface area (Å²) in [6.07, 6.45) is 0.963. The number of carbonyl (C=O) groups excluding carboxylic acids is 2. The van der Waals surface area contributed by atoms with E-state index in [1.54, 1.807) is 36.4 Å². The number of benzene rings is 2. The van der Waals surface area contributed by atoms with Gasteiger partial charge in [0.15, 0.2) is 6.61 Å². The van der Waals surface area contributed by atoms with E-state index in [4.69, 9.17) is 9.47 Å². The molecule has 2 aromatic carbocycles. The molecule has 0 aromatic heterocycles. The molecule has 0 bridgehead atoms. The topological polar surface area (TPSA) is 64.6 Å². The Balaban J connectivity index is 1.61. The quantitative estimate of drug-likeness (QED) is 0.719. The molecule has 130 valence electrons. The van der Waals surface area contributed by atoms with Crippen molar-refractivity contribution in [3.63, 3.8) is 0 Å². The lowest BCUT2D eigenvalue weighted by molar-refractivity contribution is -0.158. The lowest BCUT2D eigenvalue weighted by atomic mass is 10.1. The van der Waals surface area contributed by atoms with Gasteiger partial charge in [-0.15, -0.1) is 0 Å². The third kappa shape index (κ3) is 5.32. The third-order valence-corrected chi connectivity index (χ3v) is 4.21. The maximum Gasteiger partial charge on any atom is 0.345 e. The number of ether oxygens (including phenoxy) is 2. The predicted molar refractivity (Wildman–Crippen MR) is 96.1 cm³/mol. The molecule has 2 aromatic rings. The van der Waals surface area contributed by atoms with Gasteiger partial charge in [-0.1, -0.05) is 46.3 Å². The molecule has 0 heterocycles. The molecule has 1 aliphatic rings. The first-order chi connectivity index (χ1) is 12.1. The Morgan fingerprint density at radius 3 is 2.40 bits per heavy atom. The SMILES string of the molecule is O=C(COc1ccc(Br)cc1)O[C@H](C(=O)NC1CC1)c1ccccc1. The van der Waals surface area contributed by atoms with E-state index >= 15 is 0 Å². The van der Waals surface area contributed by atoms with Crippen LogP contribution in [0.4, 0.5) is 0 Å². The van der Waals surface area contributed by atoms with Crippen LogP contribution in [0.15, 0.2) is 59.1 Å². The van der Waals surface area contributed by atoms with Crippen molar-refractivity contribution in [3.8, 4) is 5.75 Å². The first-order valence-electron chi connectivity index (χ1n) is 8.05. The van der Waals surface area contributed by atoms with Crippen LogP contribution in [0.5, 0.6) is 5.75 Å². The van der Waals surface area contributed by atoms with Gasteiger partial charge in [0.2, 0.25) is 6.10 Å². The van der Waals surface area contributed by atoms with Crippen molar-refractivity contribution in [1.29, 1.82) is 0 Å². The maximum atomic E-state index is 12.4. The van der Waals surface area contributed by atoms with Gasteiger partial charge in [-0.05, 0) is 37.1 Å². The summed E-state index contributed by atoms with van der Waals surface area (Å²) in [5, 5.41) is 2.88. The van der Waals surface area contributed by atoms with Crippen molar-refractivity contribution < 1.29 is 19.1 Å². The fraction of sp³-hybridized carbons (Fsp3) is 0.263. The summed E-state index contributed by atoms with van der Waals surface area (Å²) in [6, 6.07) is 16.3. The minimum Gasteiger partial charge on any atom is -0.482 e. The zero-order chi connectivity index (χ0) is 17.6. The molecule has 1 fully saturated rings. The summed E-state index contributed by atoms with van der Waals surface area (Å²) in [5.74, 6) is -0.341. The summed E-state index contributed by atoms with van der Waals surface area (Å²) >= 11 is 3.33. The van der Waals surface area contributed by atoms with E-state index in [2.05, 4.69) is 21.2 Å². The maximum absolute atomic E-state index is 12.4. The van der Waals surface area contributed by atoms with Crippen LogP contribution in [0.3, 0.4) is 0 Å². The molecule has 1 aliphatic carbocycles. The highest BCUT2D eigenvalue weighted by Crippen LogP contribution is 2.23. The molecule has 1 saturated carbocycles. The smallest absolute Gasteiger partial charge is 0.345 e. The van der Waals surface area contributed by atoms with Crippen molar-refractivity contribution in [3.05, 3.63) is 64.6 Å². The van der Waals surface area contributed by atoms with Gasteiger partial charge in [-0.25, -0.2) is 4.79 Å². The van der Waals surface area contributed by atoms with Crippen LogP contribution in [0.2, 0.25) is 0 Å². The van der Waals surface area contributed by atoms with Crippen LogP contribution in [0, 0.1) is 0 Å². The first kappa shape index (κ1) is 17.5. The molecule has 3 rings (SSSR count). The van der Waals surface area contributed by atoms with E-state index in [-0.39, 0.29) is 18.6 Å². The molecule has 5 nitrogen and oxygen atoms in total. The number of amides is 1. The lowest BCUT2D eigenvalue weighted by Crippen LogP contribution is -2.34. The third-order valence-electron chi connectivity index (χ3n) is 3.68. The molecular formula is C19H18BrNO4. The Morgan fingerprint density at radius 2 is 1.76 bits per heavy atom. The Hall–Kier alpha value is -2.34. The van der Waals surface area contributed by atoms with Gasteiger partial charge >= 0.3 is 5.97 Å². The molecule has 0 unspecified atom stereocenters. The van der Waals surface area contributed by atoms with E-state index in [0.717, 1.165) is 17.3 Å². The number of hydrogen-bond acceptors (Lipinski definition) is 4. The average Bonchev–Trinajstić information content (AvgIpc) is 3.44. The minimum atomic E-state index is -0.970. The number of halogens is 1. The monoisotopic (exact) mass is 403 g/mol. The second kappa shape index (κ2) is 8.16. The van der Waals surface area contributed by atoms with Crippen LogP contribution < -0.4 is 10.1 Å². The highest BCUT2D eigenvalue weighted by atomic mass is 79.9. The van der Waals surface area contributed by atoms with Crippen LogP contribution in [0.25, 0.3) is 0 Å². The van der Waals surface area contributed by atoms with Crippen molar-refractivity contribution in [2.24, 2.45) is 0 Å². The van der Waals surface area contributed by atoms with Gasteiger partial charge in [0, 0.05) is 16.1 Å². The molecular weight excluding hydrogens is 386 g/mol. The van der Waals surface area contributed by atoms with Crippen molar-refractivity contribution in [1.82, 2.24) is 5.32 Å². The van der Waals surface area contributed by atoms with Crippen LogP contribution in [-0.4, -0.2) is 24.5 Å². The molecule has 0 spiro atoms. The normalized spacial score (nSPS) is 14.4. The Kier molecular flexibility index (Phi) is 5.71. The van der Waals surface area contributed by atoms with E-state index < -0.39 is 12.1 Å². The number of carbonyl (C=O) groups is 2.